The quantitative estimate of drug-likeness (QED) is 0.555. The first-order valence-electron chi connectivity index (χ1n) is 8.64. The van der Waals surface area contributed by atoms with E-state index in [1.54, 1.807) is 30.3 Å². The number of fused-ring (bicyclic) bond motifs is 2. The number of pyridine rings is 1. The lowest BCUT2D eigenvalue weighted by atomic mass is 10.2. The SMILES string of the molecule is COc1nccc2ccccc12.c1cc(N2CCCC2)n2ncnc2n1. The number of hydrogen-bond donors (Lipinski definition) is 0. The standard InChI is InChI=1S/C10H9NO.C9H11N5/c1-12-10-9-5-3-2-4-8(9)6-7-11-10;1-2-6-13(5-1)8-3-4-10-9-11-7-12-14(8)9/h2-7H,1H3;3-4,7H,1-2,5-6H2. The second kappa shape index (κ2) is 7.35. The van der Waals surface area contributed by atoms with Crippen molar-refractivity contribution in [2.75, 3.05) is 25.1 Å². The maximum Gasteiger partial charge on any atom is 0.254 e. The molecule has 4 aromatic rings. The van der Waals surface area contributed by atoms with Crippen LogP contribution in [0.1, 0.15) is 12.8 Å². The van der Waals surface area contributed by atoms with Crippen LogP contribution in [-0.2, 0) is 0 Å². The molecule has 1 aromatic carbocycles. The van der Waals surface area contributed by atoms with Crippen LogP contribution in [0.3, 0.4) is 0 Å². The number of aromatic nitrogens is 5. The Balaban J connectivity index is 0.000000131. The zero-order valence-corrected chi connectivity index (χ0v) is 14.6. The molecule has 7 heteroatoms. The van der Waals surface area contributed by atoms with E-state index >= 15 is 0 Å². The van der Waals surface area contributed by atoms with E-state index in [2.05, 4.69) is 25.0 Å². The highest BCUT2D eigenvalue weighted by Gasteiger charge is 2.15. The molecule has 0 spiro atoms. The van der Waals surface area contributed by atoms with Gasteiger partial charge in [-0.2, -0.15) is 14.6 Å². The van der Waals surface area contributed by atoms with E-state index < -0.39 is 0 Å². The van der Waals surface area contributed by atoms with Gasteiger partial charge in [-0.25, -0.2) is 9.97 Å². The van der Waals surface area contributed by atoms with E-state index in [4.69, 9.17) is 4.74 Å². The lowest BCUT2D eigenvalue weighted by Crippen LogP contribution is -2.21. The molecule has 0 unspecified atom stereocenters. The van der Waals surface area contributed by atoms with Gasteiger partial charge in [0.15, 0.2) is 0 Å². The van der Waals surface area contributed by atoms with Crippen LogP contribution in [0, 0.1) is 0 Å². The highest BCUT2D eigenvalue weighted by molar-refractivity contribution is 5.86. The minimum atomic E-state index is 0.675. The third kappa shape index (κ3) is 3.15. The Bertz CT molecular complexity index is 1000. The number of ether oxygens (including phenoxy) is 1. The van der Waals surface area contributed by atoms with Crippen molar-refractivity contribution in [3.8, 4) is 5.88 Å². The minimum Gasteiger partial charge on any atom is -0.481 e. The summed E-state index contributed by atoms with van der Waals surface area (Å²) < 4.78 is 6.91. The van der Waals surface area contributed by atoms with E-state index in [0.717, 1.165) is 29.7 Å². The highest BCUT2D eigenvalue weighted by Crippen LogP contribution is 2.21. The van der Waals surface area contributed by atoms with Gasteiger partial charge in [-0.15, -0.1) is 0 Å². The number of nitrogens with zero attached hydrogens (tertiary/aromatic N) is 6. The Morgan fingerprint density at radius 3 is 2.58 bits per heavy atom. The topological polar surface area (TPSA) is 68.4 Å². The van der Waals surface area contributed by atoms with Crippen LogP contribution in [0.25, 0.3) is 16.6 Å². The monoisotopic (exact) mass is 348 g/mol. The molecular weight excluding hydrogens is 328 g/mol. The third-order valence-corrected chi connectivity index (χ3v) is 4.42. The molecule has 5 rings (SSSR count). The first kappa shape index (κ1) is 16.3. The van der Waals surface area contributed by atoms with Gasteiger partial charge in [0.25, 0.3) is 5.78 Å². The lowest BCUT2D eigenvalue weighted by Gasteiger charge is -2.17. The molecule has 1 saturated heterocycles. The summed E-state index contributed by atoms with van der Waals surface area (Å²) in [6.07, 6.45) is 7.61. The summed E-state index contributed by atoms with van der Waals surface area (Å²) in [5.41, 5.74) is 0. The van der Waals surface area contributed by atoms with E-state index in [1.807, 2.05) is 36.4 Å². The van der Waals surface area contributed by atoms with Crippen LogP contribution in [0.2, 0.25) is 0 Å². The van der Waals surface area contributed by atoms with Crippen molar-refractivity contribution in [3.05, 3.63) is 55.1 Å². The summed E-state index contributed by atoms with van der Waals surface area (Å²) in [4.78, 5) is 14.6. The van der Waals surface area contributed by atoms with E-state index in [1.165, 1.54) is 12.8 Å². The maximum atomic E-state index is 5.12. The zero-order chi connectivity index (χ0) is 17.8. The van der Waals surface area contributed by atoms with Crippen molar-refractivity contribution in [1.82, 2.24) is 24.6 Å². The van der Waals surface area contributed by atoms with Crippen molar-refractivity contribution < 1.29 is 4.74 Å². The van der Waals surface area contributed by atoms with Gasteiger partial charge in [0.2, 0.25) is 5.88 Å². The summed E-state index contributed by atoms with van der Waals surface area (Å²) >= 11 is 0. The van der Waals surface area contributed by atoms with Gasteiger partial charge in [0.1, 0.15) is 12.1 Å². The molecule has 0 atom stereocenters. The summed E-state index contributed by atoms with van der Waals surface area (Å²) in [6, 6.07) is 12.0. The molecule has 0 radical (unpaired) electrons. The summed E-state index contributed by atoms with van der Waals surface area (Å²) in [5.74, 6) is 2.47. The van der Waals surface area contributed by atoms with E-state index in [9.17, 15) is 0 Å². The average Bonchev–Trinajstić information content (AvgIpc) is 3.39. The van der Waals surface area contributed by atoms with E-state index in [-0.39, 0.29) is 0 Å². The van der Waals surface area contributed by atoms with Crippen LogP contribution in [-0.4, -0.2) is 44.8 Å². The Morgan fingerprint density at radius 2 is 1.73 bits per heavy atom. The van der Waals surface area contributed by atoms with Gasteiger partial charge in [-0.05, 0) is 36.4 Å². The molecule has 0 bridgehead atoms. The van der Waals surface area contributed by atoms with Crippen LogP contribution >= 0.6 is 0 Å². The van der Waals surface area contributed by atoms with Gasteiger partial charge >= 0.3 is 0 Å². The molecule has 3 aromatic heterocycles. The van der Waals surface area contributed by atoms with Gasteiger partial charge in [0.05, 0.1) is 7.11 Å². The van der Waals surface area contributed by atoms with Crippen molar-refractivity contribution in [2.45, 2.75) is 12.8 Å². The minimum absolute atomic E-state index is 0.675. The number of methoxy groups -OCH3 is 1. The molecule has 0 N–H and O–H groups in total. The second-order valence-electron chi connectivity index (χ2n) is 6.01. The summed E-state index contributed by atoms with van der Waals surface area (Å²) in [6.45, 7) is 2.22. The number of hydrogen-bond acceptors (Lipinski definition) is 6. The molecular formula is C19H20N6O. The van der Waals surface area contributed by atoms with Crippen LogP contribution in [0.4, 0.5) is 5.82 Å². The Morgan fingerprint density at radius 1 is 0.923 bits per heavy atom. The van der Waals surface area contributed by atoms with Crippen LogP contribution in [0.5, 0.6) is 5.88 Å². The average molecular weight is 348 g/mol. The van der Waals surface area contributed by atoms with E-state index in [0.29, 0.717) is 11.7 Å². The Hall–Kier alpha value is -3.22. The fourth-order valence-electron chi connectivity index (χ4n) is 3.17. The van der Waals surface area contributed by atoms with Gasteiger partial charge in [-0.3, -0.25) is 0 Å². The highest BCUT2D eigenvalue weighted by atomic mass is 16.5. The molecule has 7 nitrogen and oxygen atoms in total. The maximum absolute atomic E-state index is 5.12. The van der Waals surface area contributed by atoms with Crippen molar-refractivity contribution >= 4 is 22.4 Å². The number of anilines is 1. The third-order valence-electron chi connectivity index (χ3n) is 4.42. The zero-order valence-electron chi connectivity index (χ0n) is 14.6. The fourth-order valence-corrected chi connectivity index (χ4v) is 3.17. The molecule has 26 heavy (non-hydrogen) atoms. The molecule has 4 heterocycles. The number of benzene rings is 1. The van der Waals surface area contributed by atoms with Crippen molar-refractivity contribution in [2.24, 2.45) is 0 Å². The predicted molar refractivity (Wildman–Crippen MR) is 101 cm³/mol. The molecule has 132 valence electrons. The summed E-state index contributed by atoms with van der Waals surface area (Å²) in [5, 5.41) is 6.38. The molecule has 0 amide bonds. The normalized spacial score (nSPS) is 13.7. The van der Waals surface area contributed by atoms with Crippen molar-refractivity contribution in [1.29, 1.82) is 0 Å². The van der Waals surface area contributed by atoms with Gasteiger partial charge < -0.3 is 9.64 Å². The van der Waals surface area contributed by atoms with Crippen molar-refractivity contribution in [3.63, 3.8) is 0 Å². The first-order chi connectivity index (χ1) is 12.9. The van der Waals surface area contributed by atoms with Gasteiger partial charge in [-0.1, -0.05) is 18.2 Å². The molecule has 0 aliphatic carbocycles. The first-order valence-corrected chi connectivity index (χ1v) is 8.64. The molecule has 0 saturated carbocycles. The largest absolute Gasteiger partial charge is 0.481 e. The lowest BCUT2D eigenvalue weighted by molar-refractivity contribution is 0.403. The van der Waals surface area contributed by atoms with Crippen LogP contribution in [0.15, 0.2) is 55.1 Å². The predicted octanol–water partition coefficient (Wildman–Crippen LogP) is 2.97. The molecule has 1 aliphatic rings. The number of rotatable bonds is 2. The smallest absolute Gasteiger partial charge is 0.254 e. The second-order valence-corrected chi connectivity index (χ2v) is 6.01. The Kier molecular flexibility index (Phi) is 4.59. The molecule has 1 aliphatic heterocycles. The molecule has 1 fully saturated rings. The van der Waals surface area contributed by atoms with Crippen LogP contribution < -0.4 is 9.64 Å². The van der Waals surface area contributed by atoms with Gasteiger partial charge in [0, 0.05) is 30.9 Å². The fraction of sp³-hybridized carbons (Fsp3) is 0.263. The Labute approximate surface area is 151 Å². The summed E-state index contributed by atoms with van der Waals surface area (Å²) in [7, 11) is 1.63.